The van der Waals surface area contributed by atoms with Gasteiger partial charge in [0.05, 0.1) is 12.1 Å². The second-order valence-corrected chi connectivity index (χ2v) is 7.98. The number of carboxylic acid groups (broad SMARTS) is 1. The number of aryl methyl sites for hydroxylation is 1. The van der Waals surface area contributed by atoms with Crippen molar-refractivity contribution in [2.75, 3.05) is 0 Å². The number of rotatable bonds is 9. The van der Waals surface area contributed by atoms with Crippen molar-refractivity contribution in [1.82, 2.24) is 10.1 Å². The third-order valence-corrected chi connectivity index (χ3v) is 5.55. The van der Waals surface area contributed by atoms with E-state index in [0.717, 1.165) is 21.1 Å². The Bertz CT molecular complexity index is 1170. The first kappa shape index (κ1) is 20.6. The second kappa shape index (κ2) is 9.44. The molecule has 0 amide bonds. The highest BCUT2D eigenvalue weighted by Crippen LogP contribution is 2.28. The largest absolute Gasteiger partial charge is 0.487 e. The van der Waals surface area contributed by atoms with Gasteiger partial charge in [-0.05, 0) is 13.0 Å². The summed E-state index contributed by atoms with van der Waals surface area (Å²) in [7, 11) is 0. The van der Waals surface area contributed by atoms with Crippen LogP contribution >= 0.6 is 11.3 Å². The zero-order valence-corrected chi connectivity index (χ0v) is 17.6. The molecular weight excluding hydrogens is 416 g/mol. The molecule has 0 aliphatic rings. The van der Waals surface area contributed by atoms with E-state index in [1.54, 1.807) is 41.7 Å². The summed E-state index contributed by atoms with van der Waals surface area (Å²) >= 11 is 1.62. The number of aromatic nitrogens is 2. The van der Waals surface area contributed by atoms with Crippen LogP contribution in [0, 0.1) is 6.92 Å². The third kappa shape index (κ3) is 5.29. The Kier molecular flexibility index (Phi) is 6.28. The molecule has 0 spiro atoms. The van der Waals surface area contributed by atoms with E-state index in [1.807, 2.05) is 37.3 Å². The van der Waals surface area contributed by atoms with Crippen LogP contribution in [0.2, 0.25) is 0 Å². The van der Waals surface area contributed by atoms with Crippen LogP contribution in [0.25, 0.3) is 10.6 Å². The minimum atomic E-state index is -0.916. The van der Waals surface area contributed by atoms with Crippen molar-refractivity contribution in [3.8, 4) is 22.3 Å². The minimum absolute atomic E-state index is 0.110. The fourth-order valence-corrected chi connectivity index (χ4v) is 3.86. The minimum Gasteiger partial charge on any atom is -0.487 e. The van der Waals surface area contributed by atoms with Gasteiger partial charge in [0.2, 0.25) is 0 Å². The predicted molar refractivity (Wildman–Crippen MR) is 115 cm³/mol. The van der Waals surface area contributed by atoms with Gasteiger partial charge in [-0.2, -0.15) is 0 Å². The van der Waals surface area contributed by atoms with E-state index >= 15 is 0 Å². The summed E-state index contributed by atoms with van der Waals surface area (Å²) in [6, 6.07) is 18.7. The lowest BCUT2D eigenvalue weighted by Crippen LogP contribution is -2.04. The molecule has 0 saturated heterocycles. The zero-order valence-electron chi connectivity index (χ0n) is 16.8. The molecule has 0 aliphatic carbocycles. The maximum absolute atomic E-state index is 11.0. The number of benzene rings is 2. The Hall–Kier alpha value is -3.65. The van der Waals surface area contributed by atoms with E-state index in [4.69, 9.17) is 19.1 Å². The molecule has 0 unspecified atom stereocenters. The van der Waals surface area contributed by atoms with Gasteiger partial charge in [0.15, 0.2) is 0 Å². The van der Waals surface area contributed by atoms with Crippen molar-refractivity contribution >= 4 is 17.3 Å². The quantitative estimate of drug-likeness (QED) is 0.399. The zero-order chi connectivity index (χ0) is 21.6. The highest BCUT2D eigenvalue weighted by Gasteiger charge is 2.13. The highest BCUT2D eigenvalue weighted by molar-refractivity contribution is 7.15. The first-order chi connectivity index (χ1) is 15.1. The second-order valence-electron chi connectivity index (χ2n) is 6.78. The van der Waals surface area contributed by atoms with Gasteiger partial charge in [-0.25, -0.2) is 4.98 Å². The molecule has 0 atom stereocenters. The molecule has 7 nitrogen and oxygen atoms in total. The molecule has 0 fully saturated rings. The molecule has 2 heterocycles. The number of carboxylic acids is 1. The molecule has 4 rings (SSSR count). The third-order valence-electron chi connectivity index (χ3n) is 4.49. The Balaban J connectivity index is 1.35. The van der Waals surface area contributed by atoms with Gasteiger partial charge in [0.25, 0.3) is 0 Å². The smallest absolute Gasteiger partial charge is 0.311 e. The fraction of sp³-hybridized carbons (Fsp3) is 0.174. The number of thiazole rings is 1. The number of ether oxygens (including phenoxy) is 2. The van der Waals surface area contributed by atoms with Crippen LogP contribution in [0.15, 0.2) is 65.2 Å². The van der Waals surface area contributed by atoms with Crippen LogP contribution in [-0.2, 0) is 24.4 Å². The first-order valence-corrected chi connectivity index (χ1v) is 10.4. The molecule has 0 bridgehead atoms. The summed E-state index contributed by atoms with van der Waals surface area (Å²) in [6.45, 7) is 2.42. The van der Waals surface area contributed by atoms with E-state index in [2.05, 4.69) is 10.1 Å². The molecular formula is C23H20N2O5S. The van der Waals surface area contributed by atoms with E-state index in [9.17, 15) is 4.79 Å². The normalized spacial score (nSPS) is 10.7. The van der Waals surface area contributed by atoms with Crippen LogP contribution in [-0.4, -0.2) is 21.2 Å². The van der Waals surface area contributed by atoms with Crippen molar-refractivity contribution in [3.63, 3.8) is 0 Å². The maximum atomic E-state index is 11.0. The predicted octanol–water partition coefficient (Wildman–Crippen LogP) is 4.89. The lowest BCUT2D eigenvalue weighted by Gasteiger charge is -2.08. The maximum Gasteiger partial charge on any atom is 0.311 e. The molecule has 2 aromatic carbocycles. The Morgan fingerprint density at radius 2 is 1.84 bits per heavy atom. The van der Waals surface area contributed by atoms with Crippen LogP contribution in [0.1, 0.15) is 21.8 Å². The Morgan fingerprint density at radius 3 is 2.65 bits per heavy atom. The standard InChI is InChI=1S/C23H20N2O5S/c1-15-19(24-23(31-15)16-7-3-2-4-8-16)14-29-22-12-18(25-30-22)13-28-20-10-6-5-9-17(20)11-21(26)27/h2-10,12H,11,13-14H2,1H3,(H,26,27). The summed E-state index contributed by atoms with van der Waals surface area (Å²) in [5.74, 6) is -0.145. The average molecular weight is 436 g/mol. The van der Waals surface area contributed by atoms with E-state index in [1.165, 1.54) is 0 Å². The number of hydrogen-bond acceptors (Lipinski definition) is 7. The van der Waals surface area contributed by atoms with Crippen molar-refractivity contribution in [2.45, 2.75) is 26.6 Å². The van der Waals surface area contributed by atoms with Crippen molar-refractivity contribution in [1.29, 1.82) is 0 Å². The summed E-state index contributed by atoms with van der Waals surface area (Å²) < 4.78 is 16.7. The Labute approximate surface area is 182 Å². The molecule has 0 aliphatic heterocycles. The lowest BCUT2D eigenvalue weighted by atomic mass is 10.1. The number of nitrogens with zero attached hydrogens (tertiary/aromatic N) is 2. The fourth-order valence-electron chi connectivity index (χ4n) is 2.94. The summed E-state index contributed by atoms with van der Waals surface area (Å²) in [5, 5.41) is 13.9. The van der Waals surface area contributed by atoms with Gasteiger partial charge in [0.1, 0.15) is 29.7 Å². The topological polar surface area (TPSA) is 94.7 Å². The SMILES string of the molecule is Cc1sc(-c2ccccc2)nc1COc1cc(COc2ccccc2CC(=O)O)no1. The number of para-hydroxylation sites is 1. The van der Waals surface area contributed by atoms with E-state index < -0.39 is 5.97 Å². The van der Waals surface area contributed by atoms with Crippen LogP contribution in [0.4, 0.5) is 0 Å². The molecule has 1 N–H and O–H groups in total. The number of carbonyl (C=O) groups is 1. The summed E-state index contributed by atoms with van der Waals surface area (Å²) in [5.41, 5.74) is 3.06. The molecule has 2 aromatic heterocycles. The highest BCUT2D eigenvalue weighted by atomic mass is 32.1. The van der Waals surface area contributed by atoms with Crippen LogP contribution < -0.4 is 9.47 Å². The number of hydrogen-bond donors (Lipinski definition) is 1. The van der Waals surface area contributed by atoms with Gasteiger partial charge in [0, 0.05) is 22.1 Å². The van der Waals surface area contributed by atoms with E-state index in [-0.39, 0.29) is 25.6 Å². The van der Waals surface area contributed by atoms with Crippen LogP contribution in [0.3, 0.4) is 0 Å². The first-order valence-electron chi connectivity index (χ1n) is 9.61. The van der Waals surface area contributed by atoms with Gasteiger partial charge in [-0.1, -0.05) is 53.7 Å². The monoisotopic (exact) mass is 436 g/mol. The van der Waals surface area contributed by atoms with Crippen molar-refractivity contribution < 1.29 is 23.9 Å². The van der Waals surface area contributed by atoms with Crippen LogP contribution in [0.5, 0.6) is 11.7 Å². The van der Waals surface area contributed by atoms with Crippen molar-refractivity contribution in [2.24, 2.45) is 0 Å². The summed E-state index contributed by atoms with van der Waals surface area (Å²) in [6.07, 6.45) is -0.110. The van der Waals surface area contributed by atoms with Gasteiger partial charge >= 0.3 is 11.9 Å². The van der Waals surface area contributed by atoms with Crippen molar-refractivity contribution in [3.05, 3.63) is 82.5 Å². The van der Waals surface area contributed by atoms with Gasteiger partial charge < -0.3 is 19.1 Å². The molecule has 31 heavy (non-hydrogen) atoms. The molecule has 0 saturated carbocycles. The van der Waals surface area contributed by atoms with E-state index in [0.29, 0.717) is 17.0 Å². The summed E-state index contributed by atoms with van der Waals surface area (Å²) in [4.78, 5) is 16.7. The molecule has 8 heteroatoms. The molecule has 4 aromatic rings. The molecule has 158 valence electrons. The lowest BCUT2D eigenvalue weighted by molar-refractivity contribution is -0.136. The average Bonchev–Trinajstić information content (AvgIpc) is 3.38. The molecule has 0 radical (unpaired) electrons. The Morgan fingerprint density at radius 1 is 1.06 bits per heavy atom. The number of aliphatic carboxylic acids is 1. The van der Waals surface area contributed by atoms with Gasteiger partial charge in [-0.15, -0.1) is 11.3 Å². The van der Waals surface area contributed by atoms with Gasteiger partial charge in [-0.3, -0.25) is 4.79 Å².